The van der Waals surface area contributed by atoms with Gasteiger partial charge in [0.2, 0.25) is 0 Å². The molecule has 1 aromatic heterocycles. The topological polar surface area (TPSA) is 85.5 Å². The third-order valence-corrected chi connectivity index (χ3v) is 2.75. The molecule has 6 heteroatoms. The fourth-order valence-electron chi connectivity index (χ4n) is 1.61. The van der Waals surface area contributed by atoms with Gasteiger partial charge in [-0.3, -0.25) is 14.6 Å². The largest absolute Gasteiger partial charge is 0.468 e. The predicted octanol–water partition coefficient (Wildman–Crippen LogP) is 0.996. The number of nitrogens with zero attached hydrogens (tertiary/aromatic N) is 2. The monoisotopic (exact) mass is 265 g/mol. The van der Waals surface area contributed by atoms with Gasteiger partial charge in [0.15, 0.2) is 0 Å². The van der Waals surface area contributed by atoms with Crippen molar-refractivity contribution in [3.05, 3.63) is 23.5 Å². The van der Waals surface area contributed by atoms with Crippen molar-refractivity contribution < 1.29 is 14.3 Å². The number of aromatic nitrogens is 1. The van der Waals surface area contributed by atoms with Crippen LogP contribution in [0.2, 0.25) is 0 Å². The van der Waals surface area contributed by atoms with Crippen molar-refractivity contribution in [2.75, 3.05) is 19.4 Å². The molecule has 0 saturated heterocycles. The summed E-state index contributed by atoms with van der Waals surface area (Å²) in [6.07, 6.45) is 1.49. The van der Waals surface area contributed by atoms with E-state index in [9.17, 15) is 9.59 Å². The Labute approximate surface area is 112 Å². The fraction of sp³-hybridized carbons (Fsp3) is 0.462. The molecule has 0 aromatic carbocycles. The second-order valence-corrected chi connectivity index (χ2v) is 4.50. The van der Waals surface area contributed by atoms with Crippen LogP contribution in [0.4, 0.5) is 5.69 Å². The number of aryl methyl sites for hydroxylation is 1. The van der Waals surface area contributed by atoms with Crippen LogP contribution in [0.5, 0.6) is 0 Å². The van der Waals surface area contributed by atoms with Crippen molar-refractivity contribution in [1.29, 1.82) is 0 Å². The SMILES string of the molecule is COC(=O)CN(C(=O)c1cc(N)cnc1C)C(C)C. The van der Waals surface area contributed by atoms with E-state index in [0.717, 1.165) is 0 Å². The van der Waals surface area contributed by atoms with E-state index in [1.54, 1.807) is 13.0 Å². The molecule has 1 amide bonds. The summed E-state index contributed by atoms with van der Waals surface area (Å²) in [5.74, 6) is -0.741. The van der Waals surface area contributed by atoms with Crippen molar-refractivity contribution >= 4 is 17.6 Å². The van der Waals surface area contributed by atoms with Gasteiger partial charge in [-0.05, 0) is 26.8 Å². The van der Waals surface area contributed by atoms with E-state index in [1.807, 2.05) is 13.8 Å². The van der Waals surface area contributed by atoms with Crippen molar-refractivity contribution in [2.45, 2.75) is 26.8 Å². The Morgan fingerprint density at radius 1 is 1.47 bits per heavy atom. The summed E-state index contributed by atoms with van der Waals surface area (Å²) in [6, 6.07) is 1.43. The molecule has 0 spiro atoms. The number of rotatable bonds is 4. The van der Waals surface area contributed by atoms with Gasteiger partial charge in [-0.1, -0.05) is 0 Å². The van der Waals surface area contributed by atoms with Crippen LogP contribution < -0.4 is 5.73 Å². The van der Waals surface area contributed by atoms with Gasteiger partial charge < -0.3 is 15.4 Å². The van der Waals surface area contributed by atoms with Crippen LogP contribution in [0.1, 0.15) is 29.9 Å². The zero-order chi connectivity index (χ0) is 14.6. The third-order valence-electron chi connectivity index (χ3n) is 2.75. The molecule has 19 heavy (non-hydrogen) atoms. The number of amides is 1. The number of carbonyl (C=O) groups excluding carboxylic acids is 2. The molecule has 104 valence electrons. The number of hydrogen-bond acceptors (Lipinski definition) is 5. The molecular weight excluding hydrogens is 246 g/mol. The smallest absolute Gasteiger partial charge is 0.325 e. The number of pyridine rings is 1. The van der Waals surface area contributed by atoms with Crippen LogP contribution in [-0.4, -0.2) is 41.5 Å². The van der Waals surface area contributed by atoms with E-state index in [4.69, 9.17) is 5.73 Å². The molecule has 0 aliphatic rings. The van der Waals surface area contributed by atoms with Gasteiger partial charge in [-0.2, -0.15) is 0 Å². The lowest BCUT2D eigenvalue weighted by Gasteiger charge is -2.26. The van der Waals surface area contributed by atoms with Crippen LogP contribution in [0, 0.1) is 6.92 Å². The first kappa shape index (κ1) is 14.9. The zero-order valence-electron chi connectivity index (χ0n) is 11.6. The summed E-state index contributed by atoms with van der Waals surface area (Å²) < 4.78 is 4.60. The highest BCUT2D eigenvalue weighted by Gasteiger charge is 2.23. The molecule has 0 radical (unpaired) electrons. The molecule has 0 unspecified atom stereocenters. The second kappa shape index (κ2) is 6.17. The number of hydrogen-bond donors (Lipinski definition) is 1. The summed E-state index contributed by atoms with van der Waals surface area (Å²) in [5, 5.41) is 0. The maximum Gasteiger partial charge on any atom is 0.325 e. The van der Waals surface area contributed by atoms with Gasteiger partial charge in [0, 0.05) is 6.04 Å². The lowest BCUT2D eigenvalue weighted by molar-refractivity contribution is -0.141. The molecule has 0 fully saturated rings. The van der Waals surface area contributed by atoms with Crippen molar-refractivity contribution in [3.63, 3.8) is 0 Å². The summed E-state index contributed by atoms with van der Waals surface area (Å²) in [4.78, 5) is 29.3. The van der Waals surface area contributed by atoms with Gasteiger partial charge in [0.1, 0.15) is 6.54 Å². The van der Waals surface area contributed by atoms with Crippen LogP contribution in [0.25, 0.3) is 0 Å². The first-order valence-electron chi connectivity index (χ1n) is 5.96. The van der Waals surface area contributed by atoms with Gasteiger partial charge >= 0.3 is 5.97 Å². The van der Waals surface area contributed by atoms with E-state index in [2.05, 4.69) is 9.72 Å². The van der Waals surface area contributed by atoms with Crippen LogP contribution in [0.3, 0.4) is 0 Å². The number of carbonyl (C=O) groups is 2. The Morgan fingerprint density at radius 3 is 2.63 bits per heavy atom. The summed E-state index contributed by atoms with van der Waals surface area (Å²) in [6.45, 7) is 5.29. The maximum atomic E-state index is 12.4. The number of esters is 1. The zero-order valence-corrected chi connectivity index (χ0v) is 11.6. The molecule has 6 nitrogen and oxygen atoms in total. The lowest BCUT2D eigenvalue weighted by atomic mass is 10.1. The summed E-state index contributed by atoms with van der Waals surface area (Å²) in [5.41, 5.74) is 7.04. The molecule has 2 N–H and O–H groups in total. The van der Waals surface area contributed by atoms with Crippen molar-refractivity contribution in [1.82, 2.24) is 9.88 Å². The van der Waals surface area contributed by atoms with E-state index < -0.39 is 5.97 Å². The molecule has 0 bridgehead atoms. The molecule has 1 heterocycles. The average Bonchev–Trinajstić information content (AvgIpc) is 2.37. The van der Waals surface area contributed by atoms with Crippen molar-refractivity contribution in [2.24, 2.45) is 0 Å². The van der Waals surface area contributed by atoms with E-state index in [-0.39, 0.29) is 18.5 Å². The van der Waals surface area contributed by atoms with Crippen LogP contribution in [0.15, 0.2) is 12.3 Å². The number of nitrogens with two attached hydrogens (primary N) is 1. The molecule has 0 aliphatic heterocycles. The van der Waals surface area contributed by atoms with Gasteiger partial charge in [0.25, 0.3) is 5.91 Å². The molecule has 1 aromatic rings. The summed E-state index contributed by atoms with van der Waals surface area (Å²) >= 11 is 0. The number of nitrogen functional groups attached to an aromatic ring is 1. The highest BCUT2D eigenvalue weighted by molar-refractivity contribution is 5.97. The normalized spacial score (nSPS) is 10.4. The minimum absolute atomic E-state index is 0.0960. The number of ether oxygens (including phenoxy) is 1. The Kier molecular flexibility index (Phi) is 4.86. The van der Waals surface area contributed by atoms with Crippen LogP contribution in [-0.2, 0) is 9.53 Å². The molecule has 0 atom stereocenters. The predicted molar refractivity (Wildman–Crippen MR) is 71.6 cm³/mol. The third kappa shape index (κ3) is 3.67. The van der Waals surface area contributed by atoms with E-state index >= 15 is 0 Å². The molecule has 1 rings (SSSR count). The number of anilines is 1. The van der Waals surface area contributed by atoms with Gasteiger partial charge in [-0.15, -0.1) is 0 Å². The first-order valence-corrected chi connectivity index (χ1v) is 5.96. The van der Waals surface area contributed by atoms with E-state index in [0.29, 0.717) is 16.9 Å². The number of methoxy groups -OCH3 is 1. The second-order valence-electron chi connectivity index (χ2n) is 4.50. The first-order chi connectivity index (χ1) is 8.86. The maximum absolute atomic E-state index is 12.4. The quantitative estimate of drug-likeness (QED) is 0.821. The minimum atomic E-state index is -0.462. The highest BCUT2D eigenvalue weighted by atomic mass is 16.5. The summed E-state index contributed by atoms with van der Waals surface area (Å²) in [7, 11) is 1.29. The molecule has 0 saturated carbocycles. The molecular formula is C13H19N3O3. The Bertz CT molecular complexity index is 486. The average molecular weight is 265 g/mol. The standard InChI is InChI=1S/C13H19N3O3/c1-8(2)16(7-12(17)19-4)13(18)11-5-10(14)6-15-9(11)3/h5-6,8H,7,14H2,1-4H3. The van der Waals surface area contributed by atoms with E-state index in [1.165, 1.54) is 18.2 Å². The fourth-order valence-corrected chi connectivity index (χ4v) is 1.61. The highest BCUT2D eigenvalue weighted by Crippen LogP contribution is 2.14. The Morgan fingerprint density at radius 2 is 2.11 bits per heavy atom. The minimum Gasteiger partial charge on any atom is -0.468 e. The Balaban J connectivity index is 3.05. The van der Waals surface area contributed by atoms with Gasteiger partial charge in [0.05, 0.1) is 30.3 Å². The Hall–Kier alpha value is -2.11. The van der Waals surface area contributed by atoms with Crippen LogP contribution >= 0.6 is 0 Å². The van der Waals surface area contributed by atoms with Crippen molar-refractivity contribution in [3.8, 4) is 0 Å². The molecule has 0 aliphatic carbocycles. The lowest BCUT2D eigenvalue weighted by Crippen LogP contribution is -2.41. The van der Waals surface area contributed by atoms with Gasteiger partial charge in [-0.25, -0.2) is 0 Å².